The van der Waals surface area contributed by atoms with Gasteiger partial charge in [0.05, 0.1) is 29.7 Å². The molecule has 1 aromatic carbocycles. The molecule has 3 aromatic rings. The van der Waals surface area contributed by atoms with E-state index in [1.807, 2.05) is 19.2 Å². The summed E-state index contributed by atoms with van der Waals surface area (Å²) < 4.78 is 8.72. The average Bonchev–Trinajstić information content (AvgIpc) is 3.35. The largest absolute Gasteiger partial charge is 0.481 e. The minimum Gasteiger partial charge on any atom is -0.481 e. The summed E-state index contributed by atoms with van der Waals surface area (Å²) in [4.78, 5) is 25.3. The summed E-state index contributed by atoms with van der Waals surface area (Å²) in [5.41, 5.74) is 3.53. The second-order valence-electron chi connectivity index (χ2n) is 8.60. The van der Waals surface area contributed by atoms with Crippen LogP contribution in [0.4, 0.5) is 0 Å². The highest BCUT2D eigenvalue weighted by atomic mass is 16.5. The second-order valence-corrected chi connectivity index (χ2v) is 8.60. The Labute approximate surface area is 180 Å². The summed E-state index contributed by atoms with van der Waals surface area (Å²) in [6.45, 7) is 0. The number of benzene rings is 1. The molecule has 1 amide bonds. The third-order valence-corrected chi connectivity index (χ3v) is 6.60. The number of nitrogens with zero attached hydrogens (tertiary/aromatic N) is 4. The summed E-state index contributed by atoms with van der Waals surface area (Å²) in [6, 6.07) is 7.46. The molecule has 0 unspecified atom stereocenters. The standard InChI is InChI=1S/C23H27N5O3/c1-27-23(31-2)18-11-6-15(12-20(18)25-27)22(30)24-16-7-9-17(10-8-16)28-21(29)13-14-4-3-5-19(14)26-28/h6,11-13,16-17H,3-5,7-10H2,1-2H3,(H,24,30). The number of fused-ring (bicyclic) bond motifs is 2. The Morgan fingerprint density at radius 1 is 1.13 bits per heavy atom. The number of hydrogen-bond acceptors (Lipinski definition) is 5. The van der Waals surface area contributed by atoms with Crippen LogP contribution in [0.3, 0.4) is 0 Å². The molecule has 5 rings (SSSR count). The Morgan fingerprint density at radius 3 is 2.71 bits per heavy atom. The third-order valence-electron chi connectivity index (χ3n) is 6.60. The number of aryl methyl sites for hydroxylation is 3. The molecule has 0 saturated heterocycles. The van der Waals surface area contributed by atoms with Crippen molar-refractivity contribution >= 4 is 16.8 Å². The summed E-state index contributed by atoms with van der Waals surface area (Å²) >= 11 is 0. The number of aromatic nitrogens is 4. The van der Waals surface area contributed by atoms with E-state index < -0.39 is 0 Å². The lowest BCUT2D eigenvalue weighted by Gasteiger charge is -2.29. The molecule has 0 spiro atoms. The van der Waals surface area contributed by atoms with Crippen LogP contribution in [0.2, 0.25) is 0 Å². The Morgan fingerprint density at radius 2 is 1.94 bits per heavy atom. The van der Waals surface area contributed by atoms with Crippen molar-refractivity contribution in [2.45, 2.75) is 57.0 Å². The maximum absolute atomic E-state index is 12.8. The zero-order chi connectivity index (χ0) is 21.5. The SMILES string of the molecule is COc1c2ccc(C(=O)NC3CCC(n4nc5c(cc4=O)CCC5)CC3)cc2nn1C. The molecule has 1 fully saturated rings. The van der Waals surface area contributed by atoms with E-state index in [0.29, 0.717) is 11.4 Å². The zero-order valence-electron chi connectivity index (χ0n) is 17.9. The van der Waals surface area contributed by atoms with Gasteiger partial charge in [-0.25, -0.2) is 9.36 Å². The van der Waals surface area contributed by atoms with E-state index in [1.165, 1.54) is 0 Å². The molecule has 8 heteroatoms. The highest BCUT2D eigenvalue weighted by molar-refractivity contribution is 5.98. The number of carbonyl (C=O) groups excluding carboxylic acids is 1. The van der Waals surface area contributed by atoms with E-state index in [2.05, 4.69) is 15.5 Å². The predicted octanol–water partition coefficient (Wildman–Crippen LogP) is 2.54. The van der Waals surface area contributed by atoms with Crippen molar-refractivity contribution in [1.82, 2.24) is 24.9 Å². The van der Waals surface area contributed by atoms with Crippen molar-refractivity contribution in [3.05, 3.63) is 51.4 Å². The highest BCUT2D eigenvalue weighted by Gasteiger charge is 2.26. The lowest BCUT2D eigenvalue weighted by molar-refractivity contribution is 0.0921. The van der Waals surface area contributed by atoms with E-state index >= 15 is 0 Å². The van der Waals surface area contributed by atoms with Gasteiger partial charge in [-0.1, -0.05) is 0 Å². The fourth-order valence-corrected chi connectivity index (χ4v) is 4.97. The number of methoxy groups -OCH3 is 1. The Bertz CT molecular complexity index is 1200. The van der Waals surface area contributed by atoms with E-state index in [1.54, 1.807) is 28.6 Å². The normalized spacial score (nSPS) is 20.6. The summed E-state index contributed by atoms with van der Waals surface area (Å²) in [6.07, 6.45) is 6.37. The van der Waals surface area contributed by atoms with Crippen molar-refractivity contribution in [2.75, 3.05) is 7.11 Å². The topological polar surface area (TPSA) is 91.0 Å². The van der Waals surface area contributed by atoms with Crippen LogP contribution in [0, 0.1) is 0 Å². The molecule has 2 aliphatic rings. The molecule has 0 radical (unpaired) electrons. The molecule has 8 nitrogen and oxygen atoms in total. The zero-order valence-corrected chi connectivity index (χ0v) is 17.9. The first-order chi connectivity index (χ1) is 15.0. The first-order valence-corrected chi connectivity index (χ1v) is 11.0. The maximum Gasteiger partial charge on any atom is 0.267 e. The molecule has 2 aromatic heterocycles. The summed E-state index contributed by atoms with van der Waals surface area (Å²) in [5, 5.41) is 13.1. The van der Waals surface area contributed by atoms with Gasteiger partial charge in [-0.05, 0) is 68.7 Å². The van der Waals surface area contributed by atoms with Gasteiger partial charge < -0.3 is 10.1 Å². The molecule has 1 N–H and O–H groups in total. The number of ether oxygens (including phenoxy) is 1. The number of carbonyl (C=O) groups is 1. The molecule has 0 atom stereocenters. The Balaban J connectivity index is 1.24. The van der Waals surface area contributed by atoms with E-state index in [0.717, 1.165) is 67.1 Å². The van der Waals surface area contributed by atoms with Crippen molar-refractivity contribution < 1.29 is 9.53 Å². The van der Waals surface area contributed by atoms with Gasteiger partial charge in [0.15, 0.2) is 0 Å². The van der Waals surface area contributed by atoms with Gasteiger partial charge in [-0.2, -0.15) is 10.2 Å². The van der Waals surface area contributed by atoms with Crippen LogP contribution in [-0.2, 0) is 19.9 Å². The van der Waals surface area contributed by atoms with Crippen LogP contribution in [-0.4, -0.2) is 38.6 Å². The molecular formula is C23H27N5O3. The van der Waals surface area contributed by atoms with E-state index in [-0.39, 0.29) is 23.6 Å². The van der Waals surface area contributed by atoms with Crippen molar-refractivity contribution in [3.63, 3.8) is 0 Å². The van der Waals surface area contributed by atoms with Crippen molar-refractivity contribution in [3.8, 4) is 5.88 Å². The maximum atomic E-state index is 12.8. The van der Waals surface area contributed by atoms with E-state index in [9.17, 15) is 9.59 Å². The number of nitrogens with one attached hydrogen (secondary N) is 1. The second kappa shape index (κ2) is 7.83. The Kier molecular flexibility index (Phi) is 5.00. The van der Waals surface area contributed by atoms with Gasteiger partial charge in [-0.3, -0.25) is 9.59 Å². The van der Waals surface area contributed by atoms with Crippen LogP contribution in [0.5, 0.6) is 5.88 Å². The summed E-state index contributed by atoms with van der Waals surface area (Å²) in [5.74, 6) is 0.582. The molecule has 1 saturated carbocycles. The minimum atomic E-state index is -0.0946. The summed E-state index contributed by atoms with van der Waals surface area (Å²) in [7, 11) is 3.43. The monoisotopic (exact) mass is 421 g/mol. The van der Waals surface area contributed by atoms with Gasteiger partial charge >= 0.3 is 0 Å². The van der Waals surface area contributed by atoms with Crippen molar-refractivity contribution in [2.24, 2.45) is 7.05 Å². The first kappa shape index (κ1) is 19.8. The van der Waals surface area contributed by atoms with Crippen LogP contribution in [0.1, 0.15) is 59.8 Å². The molecule has 31 heavy (non-hydrogen) atoms. The van der Waals surface area contributed by atoms with Crippen LogP contribution in [0.25, 0.3) is 10.9 Å². The van der Waals surface area contributed by atoms with Crippen LogP contribution < -0.4 is 15.6 Å². The van der Waals surface area contributed by atoms with E-state index in [4.69, 9.17) is 4.74 Å². The molecule has 0 aliphatic heterocycles. The molecule has 2 aliphatic carbocycles. The quantitative estimate of drug-likeness (QED) is 0.699. The smallest absolute Gasteiger partial charge is 0.267 e. The Hall–Kier alpha value is -3.16. The van der Waals surface area contributed by atoms with Gasteiger partial charge in [0.1, 0.15) is 0 Å². The van der Waals surface area contributed by atoms with Gasteiger partial charge in [0.2, 0.25) is 5.88 Å². The lowest BCUT2D eigenvalue weighted by atomic mass is 9.91. The molecular weight excluding hydrogens is 394 g/mol. The number of hydrogen-bond donors (Lipinski definition) is 1. The molecule has 0 bridgehead atoms. The number of rotatable bonds is 4. The van der Waals surface area contributed by atoms with Gasteiger partial charge in [0, 0.05) is 24.7 Å². The van der Waals surface area contributed by atoms with Gasteiger partial charge in [0.25, 0.3) is 11.5 Å². The molecule has 2 heterocycles. The average molecular weight is 422 g/mol. The third kappa shape index (κ3) is 3.60. The predicted molar refractivity (Wildman–Crippen MR) is 117 cm³/mol. The van der Waals surface area contributed by atoms with Gasteiger partial charge in [-0.15, -0.1) is 0 Å². The van der Waals surface area contributed by atoms with Crippen LogP contribution >= 0.6 is 0 Å². The fraction of sp³-hybridized carbons (Fsp3) is 0.478. The minimum absolute atomic E-state index is 0.00669. The first-order valence-electron chi connectivity index (χ1n) is 11.0. The van der Waals surface area contributed by atoms with Crippen molar-refractivity contribution in [1.29, 1.82) is 0 Å². The number of amides is 1. The lowest BCUT2D eigenvalue weighted by Crippen LogP contribution is -2.39. The fourth-order valence-electron chi connectivity index (χ4n) is 4.97. The molecule has 162 valence electrons. The van der Waals surface area contributed by atoms with Crippen LogP contribution in [0.15, 0.2) is 29.1 Å². The highest BCUT2D eigenvalue weighted by Crippen LogP contribution is 2.29.